The van der Waals surface area contributed by atoms with Crippen LogP contribution in [0.4, 0.5) is 4.39 Å². The van der Waals surface area contributed by atoms with E-state index in [0.29, 0.717) is 12.3 Å². The molecule has 0 heterocycles. The number of halogens is 1. The molecule has 0 fully saturated rings. The van der Waals surface area contributed by atoms with Crippen molar-refractivity contribution in [1.29, 1.82) is 0 Å². The Labute approximate surface area is 112 Å². The molecule has 0 aliphatic carbocycles. The Kier molecular flexibility index (Phi) is 4.53. The number of benzene rings is 2. The molecule has 2 aromatic carbocycles. The molecule has 0 saturated heterocycles. The summed E-state index contributed by atoms with van der Waals surface area (Å²) in [6.45, 7) is 3.36. The van der Waals surface area contributed by atoms with Gasteiger partial charge in [-0.05, 0) is 43.7 Å². The molecule has 0 bridgehead atoms. The van der Waals surface area contributed by atoms with Crippen molar-refractivity contribution in [3.05, 3.63) is 65.0 Å². The Morgan fingerprint density at radius 2 is 2.00 bits per heavy atom. The average molecular weight is 259 g/mol. The van der Waals surface area contributed by atoms with Gasteiger partial charge in [0, 0.05) is 12.1 Å². The van der Waals surface area contributed by atoms with E-state index in [1.54, 1.807) is 18.2 Å². The first-order valence-electron chi connectivity index (χ1n) is 6.39. The number of hydrogen-bond donors (Lipinski definition) is 2. The lowest BCUT2D eigenvalue weighted by molar-refractivity contribution is 0.464. The molecular formula is C16H18FNO. The number of hydrogen-bond acceptors (Lipinski definition) is 2. The van der Waals surface area contributed by atoms with Crippen LogP contribution in [0.5, 0.6) is 5.75 Å². The molecule has 2 nitrogen and oxygen atoms in total. The van der Waals surface area contributed by atoms with Crippen molar-refractivity contribution >= 4 is 0 Å². The zero-order valence-corrected chi connectivity index (χ0v) is 11.0. The molecule has 0 saturated carbocycles. The molecule has 0 radical (unpaired) electrons. The third kappa shape index (κ3) is 4.07. The molecule has 3 heteroatoms. The predicted molar refractivity (Wildman–Crippen MR) is 74.7 cm³/mol. The van der Waals surface area contributed by atoms with Crippen LogP contribution < -0.4 is 5.32 Å². The number of aromatic hydroxyl groups is 1. The highest BCUT2D eigenvalue weighted by Crippen LogP contribution is 2.17. The summed E-state index contributed by atoms with van der Waals surface area (Å²) in [5, 5.41) is 13.0. The Hall–Kier alpha value is -1.87. The van der Waals surface area contributed by atoms with Crippen LogP contribution in [0.15, 0.2) is 42.5 Å². The fraction of sp³-hybridized carbons (Fsp3) is 0.250. The zero-order chi connectivity index (χ0) is 13.7. The molecule has 0 aliphatic rings. The van der Waals surface area contributed by atoms with Gasteiger partial charge < -0.3 is 10.4 Å². The zero-order valence-electron chi connectivity index (χ0n) is 11.0. The van der Waals surface area contributed by atoms with Crippen molar-refractivity contribution < 1.29 is 9.50 Å². The van der Waals surface area contributed by atoms with Gasteiger partial charge in [0.1, 0.15) is 11.6 Å². The topological polar surface area (TPSA) is 32.3 Å². The van der Waals surface area contributed by atoms with Gasteiger partial charge in [-0.2, -0.15) is 0 Å². The van der Waals surface area contributed by atoms with Crippen LogP contribution in [0.1, 0.15) is 16.7 Å². The van der Waals surface area contributed by atoms with Crippen LogP contribution in [-0.2, 0) is 13.0 Å². The minimum atomic E-state index is -0.200. The van der Waals surface area contributed by atoms with Crippen molar-refractivity contribution in [3.63, 3.8) is 0 Å². The van der Waals surface area contributed by atoms with E-state index < -0.39 is 0 Å². The summed E-state index contributed by atoms with van der Waals surface area (Å²) < 4.78 is 13.0. The van der Waals surface area contributed by atoms with E-state index in [1.165, 1.54) is 6.07 Å². The number of phenols is 1. The van der Waals surface area contributed by atoms with Gasteiger partial charge >= 0.3 is 0 Å². The van der Waals surface area contributed by atoms with Crippen LogP contribution in [0.3, 0.4) is 0 Å². The van der Waals surface area contributed by atoms with E-state index in [1.807, 2.05) is 25.1 Å². The fourth-order valence-electron chi connectivity index (χ4n) is 2.00. The molecule has 100 valence electrons. The van der Waals surface area contributed by atoms with Gasteiger partial charge in [-0.1, -0.05) is 29.8 Å². The highest BCUT2D eigenvalue weighted by molar-refractivity contribution is 5.35. The monoisotopic (exact) mass is 259 g/mol. The highest BCUT2D eigenvalue weighted by atomic mass is 19.1. The summed E-state index contributed by atoms with van der Waals surface area (Å²) in [5.74, 6) is 0.109. The van der Waals surface area contributed by atoms with Crippen molar-refractivity contribution in [2.24, 2.45) is 0 Å². The summed E-state index contributed by atoms with van der Waals surface area (Å²) in [6.07, 6.45) is 0.768. The second kappa shape index (κ2) is 6.34. The second-order valence-electron chi connectivity index (χ2n) is 4.69. The van der Waals surface area contributed by atoms with Crippen molar-refractivity contribution in [3.8, 4) is 5.75 Å². The van der Waals surface area contributed by atoms with Gasteiger partial charge in [0.25, 0.3) is 0 Å². The normalized spacial score (nSPS) is 10.6. The minimum absolute atomic E-state index is 0.200. The van der Waals surface area contributed by atoms with Gasteiger partial charge in [0.15, 0.2) is 0 Å². The quantitative estimate of drug-likeness (QED) is 0.808. The number of phenolic OH excluding ortho intramolecular Hbond substituents is 1. The molecule has 0 aliphatic heterocycles. The van der Waals surface area contributed by atoms with Crippen LogP contribution in [0.2, 0.25) is 0 Å². The lowest BCUT2D eigenvalue weighted by atomic mass is 10.1. The first-order valence-corrected chi connectivity index (χ1v) is 6.39. The second-order valence-corrected chi connectivity index (χ2v) is 4.69. The molecule has 2 N–H and O–H groups in total. The molecule has 19 heavy (non-hydrogen) atoms. The largest absolute Gasteiger partial charge is 0.508 e. The predicted octanol–water partition coefficient (Wildman–Crippen LogP) is 3.17. The average Bonchev–Trinajstić information content (AvgIpc) is 2.39. The van der Waals surface area contributed by atoms with Crippen molar-refractivity contribution in [2.45, 2.75) is 19.9 Å². The van der Waals surface area contributed by atoms with Crippen LogP contribution in [-0.4, -0.2) is 11.7 Å². The minimum Gasteiger partial charge on any atom is -0.508 e. The first kappa shape index (κ1) is 13.6. The van der Waals surface area contributed by atoms with Crippen LogP contribution >= 0.6 is 0 Å². The summed E-state index contributed by atoms with van der Waals surface area (Å²) in [4.78, 5) is 0. The van der Waals surface area contributed by atoms with E-state index >= 15 is 0 Å². The van der Waals surface area contributed by atoms with E-state index in [0.717, 1.165) is 29.7 Å². The molecule has 0 unspecified atom stereocenters. The van der Waals surface area contributed by atoms with Crippen molar-refractivity contribution in [2.75, 3.05) is 6.54 Å². The first-order chi connectivity index (χ1) is 9.15. The van der Waals surface area contributed by atoms with Gasteiger partial charge in [0.05, 0.1) is 0 Å². The number of nitrogens with one attached hydrogen (secondary N) is 1. The lowest BCUT2D eigenvalue weighted by Gasteiger charge is -2.08. The summed E-state index contributed by atoms with van der Waals surface area (Å²) in [5.41, 5.74) is 2.99. The van der Waals surface area contributed by atoms with E-state index in [-0.39, 0.29) is 5.82 Å². The van der Waals surface area contributed by atoms with Gasteiger partial charge in [0.2, 0.25) is 0 Å². The van der Waals surface area contributed by atoms with E-state index in [4.69, 9.17) is 0 Å². The summed E-state index contributed by atoms with van der Waals surface area (Å²) in [7, 11) is 0. The smallest absolute Gasteiger partial charge is 0.123 e. The maximum absolute atomic E-state index is 13.0. The van der Waals surface area contributed by atoms with Crippen molar-refractivity contribution in [1.82, 2.24) is 5.32 Å². The Bertz CT molecular complexity index is 554. The molecule has 2 aromatic rings. The number of rotatable bonds is 5. The van der Waals surface area contributed by atoms with Gasteiger partial charge in [-0.25, -0.2) is 4.39 Å². The molecule has 2 rings (SSSR count). The lowest BCUT2D eigenvalue weighted by Crippen LogP contribution is -2.16. The fourth-order valence-corrected chi connectivity index (χ4v) is 2.00. The SMILES string of the molecule is Cc1ccc(O)c(CNCCc2cccc(F)c2)c1. The Morgan fingerprint density at radius 1 is 1.16 bits per heavy atom. The molecule has 0 atom stereocenters. The molecular weight excluding hydrogens is 241 g/mol. The van der Waals surface area contributed by atoms with E-state index in [2.05, 4.69) is 5.32 Å². The Morgan fingerprint density at radius 3 is 2.79 bits per heavy atom. The standard InChI is InChI=1S/C16H18FNO/c1-12-5-6-16(19)14(9-12)11-18-8-7-13-3-2-4-15(17)10-13/h2-6,9-10,18-19H,7-8,11H2,1H3. The maximum atomic E-state index is 13.0. The molecule has 0 spiro atoms. The number of aryl methyl sites for hydroxylation is 1. The molecule has 0 amide bonds. The molecule has 0 aromatic heterocycles. The highest BCUT2D eigenvalue weighted by Gasteiger charge is 2.01. The van der Waals surface area contributed by atoms with Crippen LogP contribution in [0.25, 0.3) is 0 Å². The van der Waals surface area contributed by atoms with Gasteiger partial charge in [-0.3, -0.25) is 0 Å². The third-order valence-corrected chi connectivity index (χ3v) is 3.03. The summed E-state index contributed by atoms with van der Waals surface area (Å²) >= 11 is 0. The van der Waals surface area contributed by atoms with Crippen LogP contribution in [0, 0.1) is 12.7 Å². The summed E-state index contributed by atoms with van der Waals surface area (Å²) in [6, 6.07) is 12.2. The maximum Gasteiger partial charge on any atom is 0.123 e. The third-order valence-electron chi connectivity index (χ3n) is 3.03. The Balaban J connectivity index is 1.82. The van der Waals surface area contributed by atoms with Gasteiger partial charge in [-0.15, -0.1) is 0 Å². The van der Waals surface area contributed by atoms with E-state index in [9.17, 15) is 9.50 Å².